The van der Waals surface area contributed by atoms with Crippen molar-refractivity contribution >= 4 is 24.0 Å². The molecule has 3 rings (SSSR count). The van der Waals surface area contributed by atoms with Crippen molar-refractivity contribution in [3.05, 3.63) is 47.3 Å². The Kier molecular flexibility index (Phi) is 7.92. The Bertz CT molecular complexity index is 712. The molecule has 0 bridgehead atoms. The van der Waals surface area contributed by atoms with E-state index in [4.69, 9.17) is 23.8 Å². The van der Waals surface area contributed by atoms with Crippen LogP contribution in [0.5, 0.6) is 0 Å². The quantitative estimate of drug-likeness (QED) is 0.504. The van der Waals surface area contributed by atoms with Crippen molar-refractivity contribution in [3.8, 4) is 0 Å². The lowest BCUT2D eigenvalue weighted by Gasteiger charge is -2.10. The van der Waals surface area contributed by atoms with E-state index in [0.29, 0.717) is 30.2 Å². The lowest BCUT2D eigenvalue weighted by Crippen LogP contribution is -2.35. The fraction of sp³-hybridized carbons (Fsp3) is 0.412. The van der Waals surface area contributed by atoms with Crippen LogP contribution in [-0.4, -0.2) is 40.9 Å². The molecule has 26 heavy (non-hydrogen) atoms. The van der Waals surface area contributed by atoms with E-state index in [1.807, 2.05) is 6.07 Å². The van der Waals surface area contributed by atoms with E-state index in [0.717, 1.165) is 5.76 Å². The Hall–Kier alpha value is -2.07. The first-order chi connectivity index (χ1) is 12.6. The summed E-state index contributed by atoms with van der Waals surface area (Å²) >= 11 is 1.59. The molecule has 2 unspecified atom stereocenters. The summed E-state index contributed by atoms with van der Waals surface area (Å²) in [6.45, 7) is 1.91. The molecule has 2 atom stereocenters. The number of hydrogen-bond acceptors (Lipinski definition) is 9. The number of furan rings is 2. The first-order valence-corrected chi connectivity index (χ1v) is 9.04. The summed E-state index contributed by atoms with van der Waals surface area (Å²) in [6, 6.07) is 6.33. The molecule has 0 spiro atoms. The number of hydrogen-bond donors (Lipinski definition) is 3. The largest absolute Gasteiger partial charge is 0.465 e. The lowest BCUT2D eigenvalue weighted by molar-refractivity contribution is -0.144. The minimum Gasteiger partial charge on any atom is -0.465 e. The number of ether oxygens (including phenoxy) is 1. The normalized spacial score (nSPS) is 18.9. The van der Waals surface area contributed by atoms with E-state index in [9.17, 15) is 9.59 Å². The third kappa shape index (κ3) is 5.46. The van der Waals surface area contributed by atoms with E-state index >= 15 is 0 Å². The van der Waals surface area contributed by atoms with Crippen molar-refractivity contribution in [2.24, 2.45) is 0 Å². The summed E-state index contributed by atoms with van der Waals surface area (Å²) < 4.78 is 15.1. The van der Waals surface area contributed by atoms with Crippen molar-refractivity contribution in [3.63, 3.8) is 0 Å². The summed E-state index contributed by atoms with van der Waals surface area (Å²) in [5, 5.41) is 20.4. The van der Waals surface area contributed by atoms with Gasteiger partial charge in [-0.15, -0.1) is 11.8 Å². The van der Waals surface area contributed by atoms with Crippen LogP contribution in [0.15, 0.2) is 33.1 Å². The Morgan fingerprint density at radius 3 is 2.50 bits per heavy atom. The maximum Gasteiger partial charge on any atom is 0.324 e. The van der Waals surface area contributed by atoms with Crippen LogP contribution in [0.1, 0.15) is 40.1 Å². The molecule has 0 aromatic carbocycles. The van der Waals surface area contributed by atoms with Crippen LogP contribution >= 0.6 is 11.8 Å². The van der Waals surface area contributed by atoms with E-state index < -0.39 is 0 Å². The van der Waals surface area contributed by atoms with Gasteiger partial charge in [-0.25, -0.2) is 0 Å². The predicted octanol–water partition coefficient (Wildman–Crippen LogP) is 1.62. The van der Waals surface area contributed by atoms with Gasteiger partial charge in [-0.2, -0.15) is 0 Å². The maximum absolute atomic E-state index is 11.5. The molecular formula is C17H21NO7S. The van der Waals surface area contributed by atoms with Crippen molar-refractivity contribution in [1.29, 1.82) is 0 Å². The molecule has 0 amide bonds. The highest BCUT2D eigenvalue weighted by Crippen LogP contribution is 2.34. The highest BCUT2D eigenvalue weighted by atomic mass is 32.2. The average molecular weight is 383 g/mol. The molecule has 9 heteroatoms. The summed E-state index contributed by atoms with van der Waals surface area (Å²) in [7, 11) is 0. The van der Waals surface area contributed by atoms with E-state index in [1.165, 1.54) is 6.07 Å². The standard InChI is InChI=1S/C11H15NO4S.C6H6O3/c1-2-15-11(14)8-6-17-10(12-8)9-4-3-7(5-13)16-9;7-3-5-1-2-6(4-8)9-5/h3-4,8,10,12-13H,2,5-6H2,1H3;1-3,8H,4H2. The van der Waals surface area contributed by atoms with E-state index in [2.05, 4.69) is 5.32 Å². The van der Waals surface area contributed by atoms with Crippen LogP contribution in [0.4, 0.5) is 0 Å². The molecule has 3 heterocycles. The van der Waals surface area contributed by atoms with Gasteiger partial charge in [-0.05, 0) is 31.2 Å². The number of aldehydes is 1. The zero-order chi connectivity index (χ0) is 18.9. The summed E-state index contributed by atoms with van der Waals surface area (Å²) in [5.41, 5.74) is 0. The van der Waals surface area contributed by atoms with Crippen LogP contribution in [0.3, 0.4) is 0 Å². The molecular weight excluding hydrogens is 362 g/mol. The molecule has 3 N–H and O–H groups in total. The minimum atomic E-state index is -0.285. The monoisotopic (exact) mass is 383 g/mol. The highest BCUT2D eigenvalue weighted by Gasteiger charge is 2.33. The van der Waals surface area contributed by atoms with Gasteiger partial charge in [0.2, 0.25) is 0 Å². The SMILES string of the molecule is CCOC(=O)C1CSC(c2ccc(CO)o2)N1.O=Cc1ccc(CO)o1. The number of esters is 1. The summed E-state index contributed by atoms with van der Waals surface area (Å²) in [5.74, 6) is 2.36. The summed E-state index contributed by atoms with van der Waals surface area (Å²) in [4.78, 5) is 21.5. The van der Waals surface area contributed by atoms with Gasteiger partial charge in [0.25, 0.3) is 0 Å². The van der Waals surface area contributed by atoms with Gasteiger partial charge in [-0.3, -0.25) is 14.9 Å². The topological polar surface area (TPSA) is 122 Å². The van der Waals surface area contributed by atoms with Gasteiger partial charge in [-0.1, -0.05) is 0 Å². The molecule has 2 aromatic heterocycles. The molecule has 0 saturated carbocycles. The first kappa shape index (κ1) is 20.2. The zero-order valence-electron chi connectivity index (χ0n) is 14.2. The fourth-order valence-electron chi connectivity index (χ4n) is 2.18. The predicted molar refractivity (Wildman–Crippen MR) is 93.4 cm³/mol. The summed E-state index contributed by atoms with van der Waals surface area (Å²) in [6.07, 6.45) is 0.596. The van der Waals surface area contributed by atoms with E-state index in [1.54, 1.807) is 30.8 Å². The minimum absolute atomic E-state index is 0.0512. The second-order valence-electron chi connectivity index (χ2n) is 5.23. The molecule has 1 aliphatic rings. The van der Waals surface area contributed by atoms with Gasteiger partial charge in [0.1, 0.15) is 41.9 Å². The van der Waals surface area contributed by atoms with Crippen LogP contribution in [-0.2, 0) is 22.7 Å². The van der Waals surface area contributed by atoms with Crippen LogP contribution in [0.2, 0.25) is 0 Å². The molecule has 8 nitrogen and oxygen atoms in total. The zero-order valence-corrected chi connectivity index (χ0v) is 15.0. The number of nitrogens with one attached hydrogen (secondary N) is 1. The molecule has 0 radical (unpaired) electrons. The number of thioether (sulfide) groups is 1. The second kappa shape index (κ2) is 10.2. The highest BCUT2D eigenvalue weighted by molar-refractivity contribution is 7.99. The van der Waals surface area contributed by atoms with Gasteiger partial charge < -0.3 is 23.8 Å². The van der Waals surface area contributed by atoms with Crippen LogP contribution in [0, 0.1) is 0 Å². The molecule has 1 saturated heterocycles. The van der Waals surface area contributed by atoms with Crippen molar-refractivity contribution in [2.75, 3.05) is 12.4 Å². The Morgan fingerprint density at radius 2 is 1.96 bits per heavy atom. The maximum atomic E-state index is 11.5. The van der Waals surface area contributed by atoms with E-state index in [-0.39, 0.29) is 36.4 Å². The number of rotatable bonds is 6. The van der Waals surface area contributed by atoms with Crippen molar-refractivity contribution in [2.45, 2.75) is 31.6 Å². The second-order valence-corrected chi connectivity index (χ2v) is 6.36. The van der Waals surface area contributed by atoms with Gasteiger partial charge in [0.15, 0.2) is 12.0 Å². The van der Waals surface area contributed by atoms with Crippen LogP contribution in [0.25, 0.3) is 0 Å². The third-order valence-electron chi connectivity index (χ3n) is 3.40. The number of carbonyl (C=O) groups is 2. The molecule has 1 aliphatic heterocycles. The smallest absolute Gasteiger partial charge is 0.324 e. The Morgan fingerprint density at radius 1 is 1.27 bits per heavy atom. The van der Waals surface area contributed by atoms with Crippen molar-refractivity contribution < 1.29 is 33.4 Å². The van der Waals surface area contributed by atoms with Gasteiger partial charge in [0.05, 0.1) is 6.61 Å². The molecule has 2 aromatic rings. The number of aliphatic hydroxyl groups excluding tert-OH is 2. The average Bonchev–Trinajstić information content (AvgIpc) is 3.41. The number of carbonyl (C=O) groups excluding carboxylic acids is 2. The third-order valence-corrected chi connectivity index (χ3v) is 4.63. The molecule has 142 valence electrons. The molecule has 0 aliphatic carbocycles. The first-order valence-electron chi connectivity index (χ1n) is 7.99. The Labute approximate surface area is 154 Å². The lowest BCUT2D eigenvalue weighted by atomic mass is 10.3. The van der Waals surface area contributed by atoms with Gasteiger partial charge in [0, 0.05) is 5.75 Å². The Balaban J connectivity index is 0.000000228. The fourth-order valence-corrected chi connectivity index (χ4v) is 3.35. The van der Waals surface area contributed by atoms with Gasteiger partial charge >= 0.3 is 5.97 Å². The molecule has 1 fully saturated rings. The number of aliphatic hydroxyl groups is 2. The van der Waals surface area contributed by atoms with Crippen molar-refractivity contribution in [1.82, 2.24) is 5.32 Å². The van der Waals surface area contributed by atoms with Crippen LogP contribution < -0.4 is 5.32 Å².